The van der Waals surface area contributed by atoms with Gasteiger partial charge in [0.15, 0.2) is 0 Å². The molecule has 1 aliphatic heterocycles. The minimum atomic E-state index is 0.0425. The molecule has 0 bridgehead atoms. The molecule has 0 spiro atoms. The van der Waals surface area contributed by atoms with E-state index in [1.807, 2.05) is 6.07 Å². The van der Waals surface area contributed by atoms with E-state index in [0.717, 1.165) is 16.2 Å². The van der Waals surface area contributed by atoms with Gasteiger partial charge in [0, 0.05) is 4.88 Å². The minimum Gasteiger partial charge on any atom is -0.350 e. The van der Waals surface area contributed by atoms with Gasteiger partial charge in [-0.25, -0.2) is 0 Å². The van der Waals surface area contributed by atoms with Gasteiger partial charge in [-0.3, -0.25) is 4.79 Å². The Morgan fingerprint density at radius 3 is 3.17 bits per heavy atom. The molecule has 1 aliphatic carbocycles. The van der Waals surface area contributed by atoms with Crippen molar-refractivity contribution in [3.63, 3.8) is 0 Å². The van der Waals surface area contributed by atoms with Gasteiger partial charge in [0.2, 0.25) is 5.91 Å². The van der Waals surface area contributed by atoms with Gasteiger partial charge in [0.25, 0.3) is 0 Å². The third-order valence-electron chi connectivity index (χ3n) is 4.09. The highest BCUT2D eigenvalue weighted by atomic mass is 79.9. The Hall–Kier alpha value is -0.390. The van der Waals surface area contributed by atoms with E-state index in [4.69, 9.17) is 0 Å². The van der Waals surface area contributed by atoms with Crippen LogP contribution in [0.3, 0.4) is 0 Å². The van der Waals surface area contributed by atoms with Crippen molar-refractivity contribution in [3.05, 3.63) is 20.8 Å². The number of hydrogen-bond donors (Lipinski definition) is 2. The van der Waals surface area contributed by atoms with Gasteiger partial charge in [-0.2, -0.15) is 0 Å². The number of amides is 1. The number of carbonyl (C=O) groups excluding carboxylic acids is 1. The van der Waals surface area contributed by atoms with Crippen LogP contribution in [0, 0.1) is 11.8 Å². The molecule has 2 N–H and O–H groups in total. The molecule has 2 aliphatic rings. The first kappa shape index (κ1) is 12.6. The first-order valence-corrected chi connectivity index (χ1v) is 8.10. The predicted octanol–water partition coefficient (Wildman–Crippen LogP) is 2.51. The topological polar surface area (TPSA) is 41.1 Å². The van der Waals surface area contributed by atoms with E-state index in [1.54, 1.807) is 11.3 Å². The number of carbonyl (C=O) groups is 1. The van der Waals surface area contributed by atoms with Crippen LogP contribution < -0.4 is 10.6 Å². The van der Waals surface area contributed by atoms with Crippen LogP contribution in [0.25, 0.3) is 0 Å². The lowest BCUT2D eigenvalue weighted by Gasteiger charge is -2.17. The number of halogens is 1. The molecule has 1 aromatic heterocycles. The zero-order valence-corrected chi connectivity index (χ0v) is 12.5. The molecule has 1 saturated carbocycles. The summed E-state index contributed by atoms with van der Waals surface area (Å²) in [7, 11) is 0. The van der Waals surface area contributed by atoms with Crippen LogP contribution in [-0.4, -0.2) is 18.5 Å². The molecule has 1 amide bonds. The monoisotopic (exact) mass is 328 g/mol. The largest absolute Gasteiger partial charge is 0.350 e. The van der Waals surface area contributed by atoms with Crippen molar-refractivity contribution in [2.24, 2.45) is 11.8 Å². The number of nitrogens with one attached hydrogen (secondary N) is 2. The van der Waals surface area contributed by atoms with Gasteiger partial charge in [-0.15, -0.1) is 11.3 Å². The van der Waals surface area contributed by atoms with Gasteiger partial charge in [-0.1, -0.05) is 6.42 Å². The number of rotatable bonds is 3. The summed E-state index contributed by atoms with van der Waals surface area (Å²) in [6.45, 7) is 1.66. The lowest BCUT2D eigenvalue weighted by molar-refractivity contribution is -0.123. The number of hydrogen-bond acceptors (Lipinski definition) is 3. The van der Waals surface area contributed by atoms with Gasteiger partial charge < -0.3 is 10.6 Å². The van der Waals surface area contributed by atoms with Crippen molar-refractivity contribution in [2.45, 2.75) is 31.8 Å². The quantitative estimate of drug-likeness (QED) is 0.895. The summed E-state index contributed by atoms with van der Waals surface area (Å²) in [5, 5.41) is 6.44. The summed E-state index contributed by atoms with van der Waals surface area (Å²) in [5.74, 6) is 1.48. The molecule has 3 rings (SSSR count). The maximum Gasteiger partial charge on any atom is 0.237 e. The summed E-state index contributed by atoms with van der Waals surface area (Å²) in [4.78, 5) is 13.4. The molecule has 3 nitrogen and oxygen atoms in total. The third kappa shape index (κ3) is 2.49. The number of fused-ring (bicyclic) bond motifs is 1. The van der Waals surface area contributed by atoms with Crippen molar-refractivity contribution in [2.75, 3.05) is 6.54 Å². The Balaban J connectivity index is 1.55. The number of thiophene rings is 1. The van der Waals surface area contributed by atoms with E-state index in [1.165, 1.54) is 24.1 Å². The first-order chi connectivity index (χ1) is 8.74. The zero-order chi connectivity index (χ0) is 12.5. The van der Waals surface area contributed by atoms with Crippen molar-refractivity contribution >= 4 is 33.2 Å². The predicted molar refractivity (Wildman–Crippen MR) is 76.5 cm³/mol. The Morgan fingerprint density at radius 1 is 1.50 bits per heavy atom. The van der Waals surface area contributed by atoms with Crippen LogP contribution in [0.1, 0.15) is 24.1 Å². The third-order valence-corrected chi connectivity index (χ3v) is 5.72. The molecule has 1 saturated heterocycles. The minimum absolute atomic E-state index is 0.0425. The van der Waals surface area contributed by atoms with Gasteiger partial charge in [-0.05, 0) is 59.3 Å². The molecule has 2 fully saturated rings. The van der Waals surface area contributed by atoms with E-state index in [9.17, 15) is 4.79 Å². The highest BCUT2D eigenvalue weighted by Gasteiger charge is 2.42. The van der Waals surface area contributed by atoms with Crippen molar-refractivity contribution in [1.82, 2.24) is 10.6 Å². The summed E-state index contributed by atoms with van der Waals surface area (Å²) in [6, 6.07) is 4.11. The second-order valence-corrected chi connectivity index (χ2v) is 7.71. The highest BCUT2D eigenvalue weighted by molar-refractivity contribution is 9.11. The Morgan fingerprint density at radius 2 is 2.39 bits per heavy atom. The lowest BCUT2D eigenvalue weighted by atomic mass is 9.94. The molecular weight excluding hydrogens is 312 g/mol. The van der Waals surface area contributed by atoms with E-state index in [2.05, 4.69) is 32.6 Å². The maximum absolute atomic E-state index is 12.2. The van der Waals surface area contributed by atoms with Gasteiger partial charge in [0.1, 0.15) is 0 Å². The molecular formula is C13H17BrN2OS. The molecule has 5 heteroatoms. The smallest absolute Gasteiger partial charge is 0.237 e. The Bertz CT molecular complexity index is 448. The van der Waals surface area contributed by atoms with E-state index >= 15 is 0 Å². The highest BCUT2D eigenvalue weighted by Crippen LogP contribution is 2.37. The van der Waals surface area contributed by atoms with Crippen LogP contribution in [-0.2, 0) is 11.3 Å². The normalized spacial score (nSPS) is 30.4. The SMILES string of the molecule is O=C(NCc1ccc(Br)s1)C1NCC2CCCC21. The maximum atomic E-state index is 12.2. The van der Waals surface area contributed by atoms with Crippen LogP contribution in [0.15, 0.2) is 15.9 Å². The second kappa shape index (κ2) is 5.31. The fourth-order valence-corrected chi connectivity index (χ4v) is 4.63. The van der Waals surface area contributed by atoms with Crippen LogP contribution in [0.5, 0.6) is 0 Å². The molecule has 18 heavy (non-hydrogen) atoms. The Labute approximate surface area is 119 Å². The summed E-state index contributed by atoms with van der Waals surface area (Å²) >= 11 is 5.11. The molecule has 1 aromatic rings. The van der Waals surface area contributed by atoms with Crippen molar-refractivity contribution < 1.29 is 4.79 Å². The van der Waals surface area contributed by atoms with Gasteiger partial charge >= 0.3 is 0 Å². The van der Waals surface area contributed by atoms with Crippen molar-refractivity contribution in [3.8, 4) is 0 Å². The van der Waals surface area contributed by atoms with E-state index in [-0.39, 0.29) is 11.9 Å². The lowest BCUT2D eigenvalue weighted by Crippen LogP contribution is -2.43. The average molecular weight is 329 g/mol. The molecule has 2 heterocycles. The summed E-state index contributed by atoms with van der Waals surface area (Å²) < 4.78 is 1.11. The fraction of sp³-hybridized carbons (Fsp3) is 0.615. The fourth-order valence-electron chi connectivity index (χ4n) is 3.21. The summed E-state index contributed by atoms with van der Waals surface area (Å²) in [5.41, 5.74) is 0. The molecule has 3 atom stereocenters. The average Bonchev–Trinajstić information content (AvgIpc) is 3.01. The van der Waals surface area contributed by atoms with Crippen molar-refractivity contribution in [1.29, 1.82) is 0 Å². The van der Waals surface area contributed by atoms with Crippen LogP contribution >= 0.6 is 27.3 Å². The van der Waals surface area contributed by atoms with E-state index < -0.39 is 0 Å². The van der Waals surface area contributed by atoms with Gasteiger partial charge in [0.05, 0.1) is 16.4 Å². The molecule has 98 valence electrons. The van der Waals surface area contributed by atoms with Crippen LogP contribution in [0.4, 0.5) is 0 Å². The molecule has 0 radical (unpaired) electrons. The first-order valence-electron chi connectivity index (χ1n) is 6.49. The molecule has 0 aromatic carbocycles. The summed E-state index contributed by atoms with van der Waals surface area (Å²) in [6.07, 6.45) is 3.79. The van der Waals surface area contributed by atoms with E-state index in [0.29, 0.717) is 12.5 Å². The second-order valence-electron chi connectivity index (χ2n) is 5.16. The standard InChI is InChI=1S/C13H17BrN2OS/c14-11-5-4-9(18-11)7-16-13(17)12-10-3-1-2-8(10)6-15-12/h4-5,8,10,12,15H,1-3,6-7H2,(H,16,17). The van der Waals surface area contributed by atoms with Crippen LogP contribution in [0.2, 0.25) is 0 Å². The zero-order valence-electron chi connectivity index (χ0n) is 10.1. The Kier molecular flexibility index (Phi) is 3.73. The molecule has 3 unspecified atom stereocenters.